The van der Waals surface area contributed by atoms with Gasteiger partial charge in [-0.1, -0.05) is 42.5 Å². The average molecular weight is 554 g/mol. The third kappa shape index (κ3) is 4.66. The summed E-state index contributed by atoms with van der Waals surface area (Å²) in [6, 6.07) is 20.3. The molecule has 3 aromatic rings. The molecule has 1 aromatic heterocycles. The van der Waals surface area contributed by atoms with Crippen LogP contribution in [0.25, 0.3) is 11.0 Å². The molecule has 8 heteroatoms. The van der Waals surface area contributed by atoms with Gasteiger partial charge in [-0.25, -0.2) is 4.98 Å². The van der Waals surface area contributed by atoms with Crippen LogP contribution in [0.3, 0.4) is 0 Å². The van der Waals surface area contributed by atoms with Crippen LogP contribution in [-0.4, -0.2) is 74.7 Å². The van der Waals surface area contributed by atoms with Gasteiger partial charge in [0.15, 0.2) is 0 Å². The van der Waals surface area contributed by atoms with Crippen molar-refractivity contribution in [2.75, 3.05) is 19.6 Å². The number of ketones is 1. The Morgan fingerprint density at radius 2 is 1.63 bits per heavy atom. The molecule has 0 aliphatic carbocycles. The van der Waals surface area contributed by atoms with E-state index in [4.69, 9.17) is 4.98 Å². The van der Waals surface area contributed by atoms with Crippen LogP contribution in [0.1, 0.15) is 68.8 Å². The number of imidazole rings is 1. The number of amides is 2. The molecule has 2 aromatic carbocycles. The largest absolute Gasteiger partial charge is 0.341 e. The molecular formula is C33H39N5O3. The van der Waals surface area contributed by atoms with E-state index in [1.54, 1.807) is 0 Å². The van der Waals surface area contributed by atoms with E-state index in [-0.39, 0.29) is 17.7 Å². The summed E-state index contributed by atoms with van der Waals surface area (Å²) in [5, 5.41) is 2.57. The number of aryl methyl sites for hydroxylation is 1. The Morgan fingerprint density at radius 3 is 2.32 bits per heavy atom. The molecule has 1 N–H and O–H groups in total. The third-order valence-corrected chi connectivity index (χ3v) is 10.5. The van der Waals surface area contributed by atoms with Crippen LogP contribution in [0.2, 0.25) is 0 Å². The molecule has 3 atom stereocenters. The van der Waals surface area contributed by atoms with Gasteiger partial charge in [0.2, 0.25) is 11.7 Å². The number of rotatable bonds is 6. The summed E-state index contributed by atoms with van der Waals surface area (Å²) in [4.78, 5) is 46.0. The van der Waals surface area contributed by atoms with Crippen molar-refractivity contribution in [2.45, 2.75) is 87.9 Å². The normalized spacial score (nSPS) is 27.9. The standard InChI is InChI=1S/C33H39N5O3/c1-22-34-27-9-5-6-10-29(27)38(22)26-19-24-11-12-25(20-26)37(24)18-15-33(23-7-3-2-4-8-23)13-16-36(17-14-33)32(41)28-21-30(39)31(40)35-28/h2-10,24-26,28H,11-21H2,1H3,(H,35,40). The Labute approximate surface area is 241 Å². The Kier molecular flexibility index (Phi) is 6.69. The molecule has 41 heavy (non-hydrogen) atoms. The monoisotopic (exact) mass is 553 g/mol. The number of nitrogens with zero attached hydrogens (tertiary/aromatic N) is 4. The summed E-state index contributed by atoms with van der Waals surface area (Å²) in [5.41, 5.74) is 3.73. The highest BCUT2D eigenvalue weighted by atomic mass is 16.2. The van der Waals surface area contributed by atoms with Gasteiger partial charge in [0, 0.05) is 37.6 Å². The van der Waals surface area contributed by atoms with Crippen molar-refractivity contribution in [3.63, 3.8) is 0 Å². The zero-order chi connectivity index (χ0) is 28.1. The molecule has 0 radical (unpaired) electrons. The first-order valence-electron chi connectivity index (χ1n) is 15.3. The quantitative estimate of drug-likeness (QED) is 0.468. The van der Waals surface area contributed by atoms with E-state index in [2.05, 4.69) is 76.3 Å². The molecule has 5 heterocycles. The maximum atomic E-state index is 13.1. The van der Waals surface area contributed by atoms with Crippen LogP contribution in [0, 0.1) is 6.92 Å². The van der Waals surface area contributed by atoms with Gasteiger partial charge in [-0.3, -0.25) is 19.3 Å². The topological polar surface area (TPSA) is 87.5 Å². The lowest BCUT2D eigenvalue weighted by molar-refractivity contribution is -0.136. The summed E-state index contributed by atoms with van der Waals surface area (Å²) < 4.78 is 2.50. The predicted molar refractivity (Wildman–Crippen MR) is 156 cm³/mol. The van der Waals surface area contributed by atoms with Gasteiger partial charge in [0.05, 0.1) is 11.0 Å². The highest BCUT2D eigenvalue weighted by molar-refractivity contribution is 6.39. The fourth-order valence-corrected chi connectivity index (χ4v) is 8.36. The number of fused-ring (bicyclic) bond motifs is 3. The van der Waals surface area contributed by atoms with Gasteiger partial charge >= 0.3 is 0 Å². The SMILES string of the molecule is Cc1nc2ccccc2n1C1CC2CCC(C1)N2CCC1(c2ccccc2)CCN(C(=O)C2CC(=O)C(=O)N2)CC1. The minimum Gasteiger partial charge on any atom is -0.341 e. The van der Waals surface area contributed by atoms with E-state index in [9.17, 15) is 14.4 Å². The molecule has 4 aliphatic rings. The van der Waals surface area contributed by atoms with Crippen LogP contribution in [0.15, 0.2) is 54.6 Å². The van der Waals surface area contributed by atoms with Gasteiger partial charge in [-0.05, 0) is 81.5 Å². The number of hydrogen-bond donors (Lipinski definition) is 1. The molecule has 0 saturated carbocycles. The molecule has 4 fully saturated rings. The zero-order valence-corrected chi connectivity index (χ0v) is 23.8. The molecule has 0 spiro atoms. The summed E-state index contributed by atoms with van der Waals surface area (Å²) in [7, 11) is 0. The number of hydrogen-bond acceptors (Lipinski definition) is 5. The van der Waals surface area contributed by atoms with Gasteiger partial charge in [-0.15, -0.1) is 0 Å². The van der Waals surface area contributed by atoms with Crippen LogP contribution in [0.4, 0.5) is 0 Å². The van der Waals surface area contributed by atoms with Crippen molar-refractivity contribution in [3.05, 3.63) is 66.0 Å². The smallest absolute Gasteiger partial charge is 0.288 e. The maximum absolute atomic E-state index is 13.1. The maximum Gasteiger partial charge on any atom is 0.288 e. The van der Waals surface area contributed by atoms with E-state index < -0.39 is 17.7 Å². The number of benzene rings is 2. The van der Waals surface area contributed by atoms with Crippen molar-refractivity contribution in [3.8, 4) is 0 Å². The summed E-state index contributed by atoms with van der Waals surface area (Å²) >= 11 is 0. The number of likely N-dealkylation sites (tertiary alicyclic amines) is 1. The summed E-state index contributed by atoms with van der Waals surface area (Å²) in [5.74, 6) is -0.120. The first-order chi connectivity index (χ1) is 19.9. The van der Waals surface area contributed by atoms with Crippen molar-refractivity contribution < 1.29 is 14.4 Å². The van der Waals surface area contributed by atoms with Gasteiger partial charge < -0.3 is 14.8 Å². The third-order valence-electron chi connectivity index (χ3n) is 10.5. The predicted octanol–water partition coefficient (Wildman–Crippen LogP) is 3.92. The van der Waals surface area contributed by atoms with E-state index in [1.165, 1.54) is 36.8 Å². The zero-order valence-electron chi connectivity index (χ0n) is 23.8. The van der Waals surface area contributed by atoms with E-state index >= 15 is 0 Å². The Balaban J connectivity index is 1.05. The van der Waals surface area contributed by atoms with Gasteiger partial charge in [0.25, 0.3) is 5.91 Å². The summed E-state index contributed by atoms with van der Waals surface area (Å²) in [6.45, 7) is 4.52. The molecular weight excluding hydrogens is 514 g/mol. The Morgan fingerprint density at radius 1 is 0.951 bits per heavy atom. The van der Waals surface area contributed by atoms with Crippen LogP contribution in [0.5, 0.6) is 0 Å². The first kappa shape index (κ1) is 26.4. The van der Waals surface area contributed by atoms with E-state index in [1.807, 2.05) is 4.90 Å². The molecule has 2 bridgehead atoms. The van der Waals surface area contributed by atoms with Gasteiger partial charge in [0.1, 0.15) is 11.9 Å². The second-order valence-electron chi connectivity index (χ2n) is 12.6. The van der Waals surface area contributed by atoms with E-state index in [0.717, 1.165) is 37.1 Å². The number of carbonyl (C=O) groups excluding carboxylic acids is 3. The average Bonchev–Trinajstić information content (AvgIpc) is 3.60. The lowest BCUT2D eigenvalue weighted by Gasteiger charge is -2.46. The van der Waals surface area contributed by atoms with Crippen molar-refractivity contribution >= 4 is 28.6 Å². The first-order valence-corrected chi connectivity index (χ1v) is 15.3. The van der Waals surface area contributed by atoms with Gasteiger partial charge in [-0.2, -0.15) is 0 Å². The minimum absolute atomic E-state index is 0.0141. The molecule has 4 aliphatic heterocycles. The number of para-hydroxylation sites is 2. The highest BCUT2D eigenvalue weighted by Gasteiger charge is 2.45. The van der Waals surface area contributed by atoms with E-state index in [0.29, 0.717) is 31.2 Å². The number of piperidine rings is 2. The Hall–Kier alpha value is -3.52. The molecule has 8 nitrogen and oxygen atoms in total. The van der Waals surface area contributed by atoms with Crippen LogP contribution in [-0.2, 0) is 19.8 Å². The van der Waals surface area contributed by atoms with Crippen molar-refractivity contribution in [1.29, 1.82) is 0 Å². The second kappa shape index (κ2) is 10.4. The highest BCUT2D eigenvalue weighted by Crippen LogP contribution is 2.45. The fourth-order valence-electron chi connectivity index (χ4n) is 8.36. The molecule has 214 valence electrons. The lowest BCUT2D eigenvalue weighted by atomic mass is 9.70. The van der Waals surface area contributed by atoms with Crippen LogP contribution >= 0.6 is 0 Å². The number of Topliss-reactive ketones (excluding diaryl/α,β-unsaturated/α-hetero) is 1. The second-order valence-corrected chi connectivity index (χ2v) is 12.6. The molecule has 4 saturated heterocycles. The molecule has 3 unspecified atom stereocenters. The number of carbonyl (C=O) groups is 3. The fraction of sp³-hybridized carbons (Fsp3) is 0.515. The number of aromatic nitrogens is 2. The molecule has 2 amide bonds. The molecule has 7 rings (SSSR count). The number of nitrogens with one attached hydrogen (secondary N) is 1. The Bertz CT molecular complexity index is 1440. The summed E-state index contributed by atoms with van der Waals surface area (Å²) in [6.07, 6.45) is 7.70. The van der Waals surface area contributed by atoms with Crippen LogP contribution < -0.4 is 5.32 Å². The minimum atomic E-state index is -0.701. The lowest BCUT2D eigenvalue weighted by Crippen LogP contribution is -2.52. The van der Waals surface area contributed by atoms with Crippen molar-refractivity contribution in [2.24, 2.45) is 0 Å². The van der Waals surface area contributed by atoms with Crippen molar-refractivity contribution in [1.82, 2.24) is 24.7 Å².